The summed E-state index contributed by atoms with van der Waals surface area (Å²) in [5, 5.41) is 1.84. The minimum atomic E-state index is -0.234. The molecule has 0 atom stereocenters. The van der Waals surface area contributed by atoms with Gasteiger partial charge < -0.3 is 4.74 Å². The Kier molecular flexibility index (Phi) is 3.64. The Morgan fingerprint density at radius 3 is 3.00 bits per heavy atom. The van der Waals surface area contributed by atoms with Crippen molar-refractivity contribution in [3.8, 4) is 11.3 Å². The molecule has 0 amide bonds. The fraction of sp³-hybridized carbons (Fsp3) is 0.250. The molecule has 84 valence electrons. The van der Waals surface area contributed by atoms with Crippen molar-refractivity contribution in [2.75, 3.05) is 6.61 Å². The van der Waals surface area contributed by atoms with E-state index >= 15 is 0 Å². The number of thiazole rings is 1. The maximum absolute atomic E-state index is 14.0. The minimum absolute atomic E-state index is 0.234. The second kappa shape index (κ2) is 5.18. The molecule has 0 radical (unpaired) electrons. The first-order valence-electron chi connectivity index (χ1n) is 5.06. The van der Waals surface area contributed by atoms with Gasteiger partial charge in [0, 0.05) is 23.1 Å². The summed E-state index contributed by atoms with van der Waals surface area (Å²) in [5.41, 5.74) is 3.50. The maximum Gasteiger partial charge on any atom is 0.138 e. The molecule has 16 heavy (non-hydrogen) atoms. The molecule has 0 spiro atoms. The van der Waals surface area contributed by atoms with Crippen molar-refractivity contribution in [1.82, 2.24) is 4.98 Å². The molecule has 0 unspecified atom stereocenters. The van der Waals surface area contributed by atoms with Gasteiger partial charge in [0.05, 0.1) is 17.8 Å². The molecular formula is C12H12FNOS. The summed E-state index contributed by atoms with van der Waals surface area (Å²) in [6.07, 6.45) is 0. The van der Waals surface area contributed by atoms with E-state index in [1.165, 1.54) is 11.3 Å². The van der Waals surface area contributed by atoms with Crippen LogP contribution in [0.15, 0.2) is 29.1 Å². The van der Waals surface area contributed by atoms with E-state index < -0.39 is 0 Å². The molecule has 0 aliphatic heterocycles. The lowest BCUT2D eigenvalue weighted by molar-refractivity contribution is 0.131. The second-order valence-electron chi connectivity index (χ2n) is 3.29. The van der Waals surface area contributed by atoms with Crippen LogP contribution >= 0.6 is 11.3 Å². The summed E-state index contributed by atoms with van der Waals surface area (Å²) >= 11 is 1.46. The smallest absolute Gasteiger partial charge is 0.138 e. The third-order valence-electron chi connectivity index (χ3n) is 2.25. The molecule has 1 aromatic carbocycles. The van der Waals surface area contributed by atoms with E-state index in [2.05, 4.69) is 4.98 Å². The number of halogens is 1. The Bertz CT molecular complexity index is 456. The van der Waals surface area contributed by atoms with Crippen LogP contribution in [0.2, 0.25) is 0 Å². The van der Waals surface area contributed by atoms with Crippen molar-refractivity contribution in [2.24, 2.45) is 0 Å². The fourth-order valence-electron chi connectivity index (χ4n) is 1.45. The SMILES string of the molecule is CCOCc1cccc(-c2cscn2)c1F. The van der Waals surface area contributed by atoms with Crippen molar-refractivity contribution < 1.29 is 9.13 Å². The first-order valence-corrected chi connectivity index (χ1v) is 6.01. The quantitative estimate of drug-likeness (QED) is 0.812. The van der Waals surface area contributed by atoms with E-state index in [9.17, 15) is 4.39 Å². The molecule has 0 saturated carbocycles. The van der Waals surface area contributed by atoms with E-state index in [-0.39, 0.29) is 5.82 Å². The predicted octanol–water partition coefficient (Wildman–Crippen LogP) is 3.49. The normalized spacial score (nSPS) is 10.6. The van der Waals surface area contributed by atoms with Gasteiger partial charge in [0.25, 0.3) is 0 Å². The van der Waals surface area contributed by atoms with E-state index in [0.717, 1.165) is 0 Å². The zero-order chi connectivity index (χ0) is 11.4. The molecule has 0 N–H and O–H groups in total. The van der Waals surface area contributed by atoms with Crippen LogP contribution in [0.4, 0.5) is 4.39 Å². The van der Waals surface area contributed by atoms with Crippen LogP contribution in [0, 0.1) is 5.82 Å². The minimum Gasteiger partial charge on any atom is -0.377 e. The number of nitrogens with zero attached hydrogens (tertiary/aromatic N) is 1. The van der Waals surface area contributed by atoms with Gasteiger partial charge in [-0.2, -0.15) is 0 Å². The number of benzene rings is 1. The van der Waals surface area contributed by atoms with Crippen molar-refractivity contribution in [3.05, 3.63) is 40.5 Å². The molecule has 0 aliphatic carbocycles. The summed E-state index contributed by atoms with van der Waals surface area (Å²) < 4.78 is 19.3. The topological polar surface area (TPSA) is 22.1 Å². The van der Waals surface area contributed by atoms with Crippen LogP contribution in [0.25, 0.3) is 11.3 Å². The highest BCUT2D eigenvalue weighted by atomic mass is 32.1. The summed E-state index contributed by atoms with van der Waals surface area (Å²) in [4.78, 5) is 4.11. The lowest BCUT2D eigenvalue weighted by atomic mass is 10.1. The molecule has 0 saturated heterocycles. The fourth-order valence-corrected chi connectivity index (χ4v) is 2.00. The lowest BCUT2D eigenvalue weighted by Crippen LogP contribution is -1.97. The van der Waals surface area contributed by atoms with E-state index in [1.807, 2.05) is 18.4 Å². The molecule has 4 heteroatoms. The molecular weight excluding hydrogens is 225 g/mol. The molecule has 1 heterocycles. The number of aromatic nitrogens is 1. The number of hydrogen-bond acceptors (Lipinski definition) is 3. The Hall–Kier alpha value is -1.26. The highest BCUT2D eigenvalue weighted by Crippen LogP contribution is 2.24. The highest BCUT2D eigenvalue weighted by molar-refractivity contribution is 7.07. The summed E-state index contributed by atoms with van der Waals surface area (Å²) in [5.74, 6) is -0.234. The third kappa shape index (κ3) is 2.28. The van der Waals surface area contributed by atoms with Gasteiger partial charge in [-0.1, -0.05) is 12.1 Å². The van der Waals surface area contributed by atoms with Gasteiger partial charge in [0.1, 0.15) is 5.82 Å². The molecule has 0 fully saturated rings. The molecule has 2 nitrogen and oxygen atoms in total. The summed E-state index contributed by atoms with van der Waals surface area (Å²) in [6.45, 7) is 2.78. The van der Waals surface area contributed by atoms with Crippen LogP contribution < -0.4 is 0 Å². The number of ether oxygens (including phenoxy) is 1. The molecule has 0 aliphatic rings. The molecule has 0 bridgehead atoms. The third-order valence-corrected chi connectivity index (χ3v) is 2.84. The first kappa shape index (κ1) is 11.2. The highest BCUT2D eigenvalue weighted by Gasteiger charge is 2.10. The predicted molar refractivity (Wildman–Crippen MR) is 62.8 cm³/mol. The van der Waals surface area contributed by atoms with Crippen LogP contribution in [-0.2, 0) is 11.3 Å². The Labute approximate surface area is 97.7 Å². The average Bonchev–Trinajstić information content (AvgIpc) is 2.81. The summed E-state index contributed by atoms with van der Waals surface area (Å²) in [6, 6.07) is 5.30. The zero-order valence-corrected chi connectivity index (χ0v) is 9.76. The van der Waals surface area contributed by atoms with Crippen LogP contribution in [0.1, 0.15) is 12.5 Å². The van der Waals surface area contributed by atoms with E-state index in [4.69, 9.17) is 4.74 Å². The Morgan fingerprint density at radius 2 is 2.31 bits per heavy atom. The standard InChI is InChI=1S/C12H12FNOS/c1-2-15-6-9-4-3-5-10(12(9)13)11-7-16-8-14-11/h3-5,7-8H,2,6H2,1H3. The van der Waals surface area contributed by atoms with Gasteiger partial charge >= 0.3 is 0 Å². The van der Waals surface area contributed by atoms with Crippen molar-refractivity contribution in [1.29, 1.82) is 0 Å². The average molecular weight is 237 g/mol. The Balaban J connectivity index is 2.33. The molecule has 1 aromatic heterocycles. The first-order chi connectivity index (χ1) is 7.83. The second-order valence-corrected chi connectivity index (χ2v) is 4.01. The van der Waals surface area contributed by atoms with Gasteiger partial charge in [0.15, 0.2) is 0 Å². The van der Waals surface area contributed by atoms with Crippen LogP contribution in [0.5, 0.6) is 0 Å². The summed E-state index contributed by atoms with van der Waals surface area (Å²) in [7, 11) is 0. The van der Waals surface area contributed by atoms with E-state index in [1.54, 1.807) is 17.6 Å². The maximum atomic E-state index is 14.0. The van der Waals surface area contributed by atoms with Crippen LogP contribution in [-0.4, -0.2) is 11.6 Å². The van der Waals surface area contributed by atoms with E-state index in [0.29, 0.717) is 30.0 Å². The monoisotopic (exact) mass is 237 g/mol. The number of hydrogen-bond donors (Lipinski definition) is 0. The zero-order valence-electron chi connectivity index (χ0n) is 8.94. The van der Waals surface area contributed by atoms with Gasteiger partial charge in [-0.3, -0.25) is 0 Å². The largest absolute Gasteiger partial charge is 0.377 e. The number of rotatable bonds is 4. The van der Waals surface area contributed by atoms with Crippen molar-refractivity contribution in [2.45, 2.75) is 13.5 Å². The lowest BCUT2D eigenvalue weighted by Gasteiger charge is -2.06. The van der Waals surface area contributed by atoms with Gasteiger partial charge in [-0.25, -0.2) is 9.37 Å². The Morgan fingerprint density at radius 1 is 1.44 bits per heavy atom. The van der Waals surface area contributed by atoms with Gasteiger partial charge in [-0.15, -0.1) is 11.3 Å². The van der Waals surface area contributed by atoms with Crippen molar-refractivity contribution >= 4 is 11.3 Å². The van der Waals surface area contributed by atoms with Crippen molar-refractivity contribution in [3.63, 3.8) is 0 Å². The molecule has 2 rings (SSSR count). The van der Waals surface area contributed by atoms with Crippen LogP contribution in [0.3, 0.4) is 0 Å². The van der Waals surface area contributed by atoms with Gasteiger partial charge in [0.2, 0.25) is 0 Å². The molecule has 2 aromatic rings. The van der Waals surface area contributed by atoms with Gasteiger partial charge in [-0.05, 0) is 13.0 Å².